The van der Waals surface area contributed by atoms with Gasteiger partial charge in [-0.1, -0.05) is 31.0 Å². The van der Waals surface area contributed by atoms with Crippen molar-refractivity contribution in [2.45, 2.75) is 44.7 Å². The van der Waals surface area contributed by atoms with Gasteiger partial charge in [0, 0.05) is 18.0 Å². The van der Waals surface area contributed by atoms with Crippen LogP contribution >= 0.6 is 0 Å². The van der Waals surface area contributed by atoms with Gasteiger partial charge < -0.3 is 10.2 Å². The van der Waals surface area contributed by atoms with Gasteiger partial charge in [0.25, 0.3) is 0 Å². The SMILES string of the molecule is CC1CCCCCN1CC(N)c1cc2ccccc2o1. The van der Waals surface area contributed by atoms with E-state index in [1.54, 1.807) is 0 Å². The smallest absolute Gasteiger partial charge is 0.134 e. The van der Waals surface area contributed by atoms with Crippen LogP contribution in [0, 0.1) is 0 Å². The molecule has 0 bridgehead atoms. The van der Waals surface area contributed by atoms with E-state index in [2.05, 4.69) is 24.0 Å². The molecule has 0 aliphatic carbocycles. The molecule has 108 valence electrons. The first-order valence-corrected chi connectivity index (χ1v) is 7.72. The lowest BCUT2D eigenvalue weighted by Crippen LogP contribution is -2.38. The maximum Gasteiger partial charge on any atom is 0.134 e. The normalized spacial score (nSPS) is 22.8. The van der Waals surface area contributed by atoms with Crippen LogP contribution < -0.4 is 5.73 Å². The van der Waals surface area contributed by atoms with Crippen molar-refractivity contribution in [2.24, 2.45) is 5.73 Å². The van der Waals surface area contributed by atoms with Crippen molar-refractivity contribution in [2.75, 3.05) is 13.1 Å². The third-order valence-corrected chi connectivity index (χ3v) is 4.43. The summed E-state index contributed by atoms with van der Waals surface area (Å²) in [5, 5.41) is 1.14. The number of furan rings is 1. The highest BCUT2D eigenvalue weighted by Crippen LogP contribution is 2.25. The first-order valence-electron chi connectivity index (χ1n) is 7.72. The Morgan fingerprint density at radius 3 is 3.00 bits per heavy atom. The number of likely N-dealkylation sites (tertiary alicyclic amines) is 1. The van der Waals surface area contributed by atoms with Crippen molar-refractivity contribution in [3.8, 4) is 0 Å². The second-order valence-corrected chi connectivity index (χ2v) is 5.99. The van der Waals surface area contributed by atoms with Gasteiger partial charge in [0.1, 0.15) is 11.3 Å². The highest BCUT2D eigenvalue weighted by Gasteiger charge is 2.21. The van der Waals surface area contributed by atoms with E-state index in [0.717, 1.165) is 29.8 Å². The van der Waals surface area contributed by atoms with E-state index in [1.807, 2.05) is 18.2 Å². The molecule has 3 heteroatoms. The Morgan fingerprint density at radius 2 is 2.15 bits per heavy atom. The molecule has 1 aromatic heterocycles. The zero-order chi connectivity index (χ0) is 13.9. The number of para-hydroxylation sites is 1. The minimum Gasteiger partial charge on any atom is -0.459 e. The van der Waals surface area contributed by atoms with Gasteiger partial charge in [-0.3, -0.25) is 4.90 Å². The Balaban J connectivity index is 1.72. The van der Waals surface area contributed by atoms with Crippen LogP contribution in [0.1, 0.15) is 44.4 Å². The third-order valence-electron chi connectivity index (χ3n) is 4.43. The topological polar surface area (TPSA) is 42.4 Å². The van der Waals surface area contributed by atoms with E-state index < -0.39 is 0 Å². The fourth-order valence-electron chi connectivity index (χ4n) is 3.13. The first kappa shape index (κ1) is 13.7. The summed E-state index contributed by atoms with van der Waals surface area (Å²) in [7, 11) is 0. The van der Waals surface area contributed by atoms with E-state index in [9.17, 15) is 0 Å². The molecular formula is C17H24N2O. The minimum atomic E-state index is -0.0389. The molecule has 0 saturated carbocycles. The predicted octanol–water partition coefficient (Wildman–Crippen LogP) is 3.70. The largest absolute Gasteiger partial charge is 0.459 e. The molecule has 2 unspecified atom stereocenters. The number of benzene rings is 1. The molecular weight excluding hydrogens is 248 g/mol. The van der Waals surface area contributed by atoms with E-state index >= 15 is 0 Å². The number of nitrogens with zero attached hydrogens (tertiary/aromatic N) is 1. The molecule has 20 heavy (non-hydrogen) atoms. The number of hydrogen-bond acceptors (Lipinski definition) is 3. The van der Waals surface area contributed by atoms with Crippen LogP contribution in [-0.2, 0) is 0 Å². The van der Waals surface area contributed by atoms with E-state index in [-0.39, 0.29) is 6.04 Å². The standard InChI is InChI=1S/C17H24N2O/c1-13-7-3-2-6-10-19(13)12-15(18)17-11-14-8-4-5-9-16(14)20-17/h4-5,8-9,11,13,15H,2-3,6-7,10,12,18H2,1H3. The molecule has 1 aliphatic heterocycles. The number of nitrogens with two attached hydrogens (primary N) is 1. The molecule has 1 fully saturated rings. The van der Waals surface area contributed by atoms with E-state index in [4.69, 9.17) is 10.2 Å². The van der Waals surface area contributed by atoms with Gasteiger partial charge in [-0.25, -0.2) is 0 Å². The molecule has 1 saturated heterocycles. The Labute approximate surface area is 120 Å². The summed E-state index contributed by atoms with van der Waals surface area (Å²) < 4.78 is 5.89. The monoisotopic (exact) mass is 272 g/mol. The van der Waals surface area contributed by atoms with Crippen molar-refractivity contribution in [3.63, 3.8) is 0 Å². The molecule has 1 aliphatic rings. The molecule has 0 radical (unpaired) electrons. The van der Waals surface area contributed by atoms with Crippen LogP contribution in [0.2, 0.25) is 0 Å². The highest BCUT2D eigenvalue weighted by atomic mass is 16.3. The van der Waals surface area contributed by atoms with Crippen molar-refractivity contribution < 1.29 is 4.42 Å². The molecule has 3 rings (SSSR count). The summed E-state index contributed by atoms with van der Waals surface area (Å²) in [5.74, 6) is 0.905. The van der Waals surface area contributed by atoms with Gasteiger partial charge in [0.2, 0.25) is 0 Å². The number of fused-ring (bicyclic) bond motifs is 1. The third kappa shape index (κ3) is 2.89. The minimum absolute atomic E-state index is 0.0389. The maximum absolute atomic E-state index is 6.37. The second-order valence-electron chi connectivity index (χ2n) is 5.99. The lowest BCUT2D eigenvalue weighted by molar-refractivity contribution is 0.195. The van der Waals surface area contributed by atoms with Crippen molar-refractivity contribution in [3.05, 3.63) is 36.1 Å². The summed E-state index contributed by atoms with van der Waals surface area (Å²) >= 11 is 0. The van der Waals surface area contributed by atoms with Crippen molar-refractivity contribution in [1.29, 1.82) is 0 Å². The second kappa shape index (κ2) is 5.98. The van der Waals surface area contributed by atoms with Crippen molar-refractivity contribution >= 4 is 11.0 Å². The number of rotatable bonds is 3. The molecule has 0 amide bonds. The van der Waals surface area contributed by atoms with Crippen LogP contribution in [0.25, 0.3) is 11.0 Å². The quantitative estimate of drug-likeness (QED) is 0.926. The molecule has 2 N–H and O–H groups in total. The Kier molecular flexibility index (Phi) is 4.08. The van der Waals surface area contributed by atoms with Gasteiger partial charge in [-0.15, -0.1) is 0 Å². The fourth-order valence-corrected chi connectivity index (χ4v) is 3.13. The van der Waals surface area contributed by atoms with E-state index in [0.29, 0.717) is 6.04 Å². The lowest BCUT2D eigenvalue weighted by atomic mass is 10.1. The van der Waals surface area contributed by atoms with Crippen LogP contribution in [0.15, 0.2) is 34.7 Å². The lowest BCUT2D eigenvalue weighted by Gasteiger charge is -2.28. The number of hydrogen-bond donors (Lipinski definition) is 1. The summed E-state index contributed by atoms with van der Waals surface area (Å²) in [5.41, 5.74) is 7.30. The zero-order valence-corrected chi connectivity index (χ0v) is 12.2. The molecule has 1 aromatic carbocycles. The Bertz CT molecular complexity index is 530. The van der Waals surface area contributed by atoms with Gasteiger partial charge in [-0.05, 0) is 38.4 Å². The average molecular weight is 272 g/mol. The van der Waals surface area contributed by atoms with Gasteiger partial charge in [-0.2, -0.15) is 0 Å². The van der Waals surface area contributed by atoms with Gasteiger partial charge in [0.15, 0.2) is 0 Å². The Morgan fingerprint density at radius 1 is 1.30 bits per heavy atom. The summed E-state index contributed by atoms with van der Waals surface area (Å²) in [4.78, 5) is 2.52. The molecule has 3 nitrogen and oxygen atoms in total. The molecule has 2 atom stereocenters. The van der Waals surface area contributed by atoms with Gasteiger partial charge in [0.05, 0.1) is 6.04 Å². The fraction of sp³-hybridized carbons (Fsp3) is 0.529. The summed E-state index contributed by atoms with van der Waals surface area (Å²) in [6.07, 6.45) is 5.27. The summed E-state index contributed by atoms with van der Waals surface area (Å²) in [6, 6.07) is 10.8. The first-order chi connectivity index (χ1) is 9.74. The molecule has 0 spiro atoms. The molecule has 2 aromatic rings. The van der Waals surface area contributed by atoms with E-state index in [1.165, 1.54) is 25.7 Å². The van der Waals surface area contributed by atoms with Gasteiger partial charge >= 0.3 is 0 Å². The van der Waals surface area contributed by atoms with Crippen LogP contribution in [-0.4, -0.2) is 24.0 Å². The van der Waals surface area contributed by atoms with Crippen LogP contribution in [0.4, 0.5) is 0 Å². The Hall–Kier alpha value is -1.32. The zero-order valence-electron chi connectivity index (χ0n) is 12.2. The summed E-state index contributed by atoms with van der Waals surface area (Å²) in [6.45, 7) is 4.37. The van der Waals surface area contributed by atoms with Crippen LogP contribution in [0.5, 0.6) is 0 Å². The molecule has 2 heterocycles. The highest BCUT2D eigenvalue weighted by molar-refractivity contribution is 5.77. The predicted molar refractivity (Wildman–Crippen MR) is 82.6 cm³/mol. The van der Waals surface area contributed by atoms with Crippen LogP contribution in [0.3, 0.4) is 0 Å². The average Bonchev–Trinajstić information content (AvgIpc) is 2.79. The maximum atomic E-state index is 6.37. The van der Waals surface area contributed by atoms with Crippen molar-refractivity contribution in [1.82, 2.24) is 4.90 Å².